The second kappa shape index (κ2) is 11.1. The van der Waals surface area contributed by atoms with Crippen molar-refractivity contribution in [2.45, 2.75) is 18.9 Å². The molecule has 2 atom stereocenters. The fourth-order valence-corrected chi connectivity index (χ4v) is 4.12. The standard InChI is InChI=1S/C13H19N3O2S.2C2HF3O2/c1-19(17,18)16-9-12-7-15(8-13(12)10-16)6-11-3-2-4-14-5-11;2*3-2(4,5)1(6)7/h2-5,12-13H,6-10H2,1H3;2*(H,6,7)/t12-,13+;;. The molecule has 2 saturated heterocycles. The Morgan fingerprint density at radius 1 is 1.00 bits per heavy atom. The number of likely N-dealkylation sites (tertiary alicyclic amines) is 1. The Bertz CT molecular complexity index is 872. The Morgan fingerprint density at radius 3 is 1.73 bits per heavy atom. The number of rotatable bonds is 3. The average Bonchev–Trinajstić information content (AvgIpc) is 3.20. The van der Waals surface area contributed by atoms with Crippen LogP contribution in [0.5, 0.6) is 0 Å². The molecule has 0 aliphatic carbocycles. The number of hydrogen-bond acceptors (Lipinski definition) is 6. The lowest BCUT2D eigenvalue weighted by atomic mass is 10.0. The molecule has 0 bridgehead atoms. The molecule has 0 unspecified atom stereocenters. The number of pyridine rings is 1. The van der Waals surface area contributed by atoms with Gasteiger partial charge in [0, 0.05) is 45.1 Å². The molecule has 33 heavy (non-hydrogen) atoms. The molecule has 188 valence electrons. The summed E-state index contributed by atoms with van der Waals surface area (Å²) in [4.78, 5) is 24.3. The monoisotopic (exact) mass is 509 g/mol. The summed E-state index contributed by atoms with van der Waals surface area (Å²) in [6, 6.07) is 4.04. The van der Waals surface area contributed by atoms with E-state index in [0.717, 1.165) is 19.6 Å². The van der Waals surface area contributed by atoms with Crippen molar-refractivity contribution in [1.82, 2.24) is 14.2 Å². The van der Waals surface area contributed by atoms with Crippen LogP contribution in [0.4, 0.5) is 26.3 Å². The summed E-state index contributed by atoms with van der Waals surface area (Å²) >= 11 is 0. The van der Waals surface area contributed by atoms with Gasteiger partial charge in [0.15, 0.2) is 0 Å². The summed E-state index contributed by atoms with van der Waals surface area (Å²) in [5, 5.41) is 14.2. The van der Waals surface area contributed by atoms with Crippen molar-refractivity contribution in [3.8, 4) is 0 Å². The Morgan fingerprint density at radius 2 is 1.42 bits per heavy atom. The minimum Gasteiger partial charge on any atom is -0.475 e. The van der Waals surface area contributed by atoms with E-state index in [-0.39, 0.29) is 0 Å². The Hall–Kier alpha value is -2.46. The van der Waals surface area contributed by atoms with Gasteiger partial charge < -0.3 is 10.2 Å². The number of halogens is 6. The molecule has 1 aromatic rings. The molecule has 2 fully saturated rings. The highest BCUT2D eigenvalue weighted by molar-refractivity contribution is 7.88. The number of aromatic nitrogens is 1. The minimum atomic E-state index is -5.08. The van der Waals surface area contributed by atoms with Crippen LogP contribution in [0.15, 0.2) is 24.5 Å². The first-order valence-electron chi connectivity index (χ1n) is 9.07. The number of nitrogens with zero attached hydrogens (tertiary/aromatic N) is 3. The molecule has 1 aromatic heterocycles. The highest BCUT2D eigenvalue weighted by Crippen LogP contribution is 2.32. The number of sulfonamides is 1. The normalized spacial score (nSPS) is 21.3. The number of alkyl halides is 6. The van der Waals surface area contributed by atoms with Gasteiger partial charge in [0.2, 0.25) is 10.0 Å². The van der Waals surface area contributed by atoms with Gasteiger partial charge in [-0.3, -0.25) is 9.88 Å². The summed E-state index contributed by atoms with van der Waals surface area (Å²) in [5.41, 5.74) is 1.22. The first-order chi connectivity index (χ1) is 14.9. The summed E-state index contributed by atoms with van der Waals surface area (Å²) in [5.74, 6) is -4.53. The molecule has 16 heteroatoms. The van der Waals surface area contributed by atoms with Crippen molar-refractivity contribution < 1.29 is 54.6 Å². The minimum absolute atomic E-state index is 0.492. The third-order valence-corrected chi connectivity index (χ3v) is 5.85. The molecule has 9 nitrogen and oxygen atoms in total. The summed E-state index contributed by atoms with van der Waals surface area (Å²) in [6.07, 6.45) is -5.18. The highest BCUT2D eigenvalue weighted by Gasteiger charge is 2.42. The van der Waals surface area contributed by atoms with Crippen LogP contribution < -0.4 is 0 Å². The first kappa shape index (κ1) is 28.6. The second-order valence-corrected chi connectivity index (χ2v) is 9.24. The fourth-order valence-electron chi connectivity index (χ4n) is 3.20. The van der Waals surface area contributed by atoms with E-state index < -0.39 is 34.3 Å². The van der Waals surface area contributed by atoms with Crippen molar-refractivity contribution in [2.24, 2.45) is 11.8 Å². The predicted octanol–water partition coefficient (Wildman–Crippen LogP) is 1.67. The van der Waals surface area contributed by atoms with Crippen LogP contribution >= 0.6 is 0 Å². The number of aliphatic carboxylic acids is 2. The smallest absolute Gasteiger partial charge is 0.475 e. The second-order valence-electron chi connectivity index (χ2n) is 7.26. The lowest BCUT2D eigenvalue weighted by Gasteiger charge is -2.19. The topological polar surface area (TPSA) is 128 Å². The van der Waals surface area contributed by atoms with E-state index in [1.54, 1.807) is 10.5 Å². The van der Waals surface area contributed by atoms with Crippen molar-refractivity contribution in [3.05, 3.63) is 30.1 Å². The Labute approximate surface area is 184 Å². The van der Waals surface area contributed by atoms with Crippen LogP contribution in [0.3, 0.4) is 0 Å². The molecule has 0 spiro atoms. The van der Waals surface area contributed by atoms with Crippen molar-refractivity contribution >= 4 is 22.0 Å². The van der Waals surface area contributed by atoms with Crippen LogP contribution in [0, 0.1) is 11.8 Å². The number of fused-ring (bicyclic) bond motifs is 1. The van der Waals surface area contributed by atoms with Gasteiger partial charge in [-0.2, -0.15) is 26.3 Å². The Balaban J connectivity index is 0.000000324. The molecular formula is C17H21F6N3O6S. The average molecular weight is 509 g/mol. The van der Waals surface area contributed by atoms with Gasteiger partial charge in [-0.25, -0.2) is 22.3 Å². The molecule has 0 saturated carbocycles. The third kappa shape index (κ3) is 9.91. The van der Waals surface area contributed by atoms with Crippen LogP contribution in [0.1, 0.15) is 5.56 Å². The SMILES string of the molecule is CS(=O)(=O)N1C[C@H]2CN(Cc3cccnc3)C[C@H]2C1.O=C(O)C(F)(F)F.O=C(O)C(F)(F)F. The van der Waals surface area contributed by atoms with E-state index in [0.29, 0.717) is 24.9 Å². The quantitative estimate of drug-likeness (QED) is 0.589. The van der Waals surface area contributed by atoms with E-state index in [9.17, 15) is 34.8 Å². The van der Waals surface area contributed by atoms with Crippen LogP contribution in [0.25, 0.3) is 0 Å². The number of hydrogen-bond donors (Lipinski definition) is 2. The largest absolute Gasteiger partial charge is 0.490 e. The van der Waals surface area contributed by atoms with Crippen molar-refractivity contribution in [2.75, 3.05) is 32.4 Å². The van der Waals surface area contributed by atoms with E-state index in [1.807, 2.05) is 12.3 Å². The zero-order valence-electron chi connectivity index (χ0n) is 17.0. The molecule has 0 amide bonds. The van der Waals surface area contributed by atoms with Gasteiger partial charge in [-0.15, -0.1) is 0 Å². The lowest BCUT2D eigenvalue weighted by Crippen LogP contribution is -2.32. The predicted molar refractivity (Wildman–Crippen MR) is 100 cm³/mol. The van der Waals surface area contributed by atoms with Gasteiger partial charge >= 0.3 is 24.3 Å². The maximum absolute atomic E-state index is 11.5. The highest BCUT2D eigenvalue weighted by atomic mass is 32.2. The van der Waals surface area contributed by atoms with Crippen LogP contribution in [0.2, 0.25) is 0 Å². The van der Waals surface area contributed by atoms with Crippen LogP contribution in [-0.4, -0.2) is 89.5 Å². The number of carbonyl (C=O) groups is 2. The molecule has 2 aliphatic heterocycles. The number of carboxylic acid groups (broad SMARTS) is 2. The first-order valence-corrected chi connectivity index (χ1v) is 10.9. The van der Waals surface area contributed by atoms with Gasteiger partial charge in [0.1, 0.15) is 0 Å². The zero-order chi connectivity index (χ0) is 25.6. The lowest BCUT2D eigenvalue weighted by molar-refractivity contribution is -0.193. The fraction of sp³-hybridized carbons (Fsp3) is 0.588. The summed E-state index contributed by atoms with van der Waals surface area (Å²) < 4.78 is 88.2. The van der Waals surface area contributed by atoms with E-state index in [1.165, 1.54) is 11.8 Å². The van der Waals surface area contributed by atoms with Gasteiger partial charge in [-0.05, 0) is 23.5 Å². The number of carboxylic acids is 2. The molecule has 0 radical (unpaired) electrons. The third-order valence-electron chi connectivity index (χ3n) is 4.61. The molecular weight excluding hydrogens is 488 g/mol. The van der Waals surface area contributed by atoms with Gasteiger partial charge in [0.25, 0.3) is 0 Å². The maximum atomic E-state index is 11.5. The van der Waals surface area contributed by atoms with Crippen molar-refractivity contribution in [1.29, 1.82) is 0 Å². The molecule has 3 rings (SSSR count). The Kier molecular flexibility index (Phi) is 9.62. The van der Waals surface area contributed by atoms with Gasteiger partial charge in [-0.1, -0.05) is 6.07 Å². The van der Waals surface area contributed by atoms with E-state index >= 15 is 0 Å². The zero-order valence-corrected chi connectivity index (χ0v) is 17.9. The molecule has 2 N–H and O–H groups in total. The molecule has 0 aromatic carbocycles. The molecule has 3 heterocycles. The van der Waals surface area contributed by atoms with E-state index in [2.05, 4.69) is 16.0 Å². The summed E-state index contributed by atoms with van der Waals surface area (Å²) in [7, 11) is -3.02. The van der Waals surface area contributed by atoms with Crippen LogP contribution in [-0.2, 0) is 26.2 Å². The van der Waals surface area contributed by atoms with Crippen molar-refractivity contribution in [3.63, 3.8) is 0 Å². The molecule has 2 aliphatic rings. The van der Waals surface area contributed by atoms with E-state index in [4.69, 9.17) is 19.8 Å². The van der Waals surface area contributed by atoms with Gasteiger partial charge in [0.05, 0.1) is 6.26 Å². The maximum Gasteiger partial charge on any atom is 0.490 e. The summed E-state index contributed by atoms with van der Waals surface area (Å²) in [6.45, 7) is 4.27.